The van der Waals surface area contributed by atoms with Crippen LogP contribution in [0.2, 0.25) is 0 Å². The minimum Gasteiger partial charge on any atom is -0.370 e. The van der Waals surface area contributed by atoms with Gasteiger partial charge in [0.1, 0.15) is 0 Å². The van der Waals surface area contributed by atoms with Gasteiger partial charge >= 0.3 is 0 Å². The molecule has 0 fully saturated rings. The standard InChI is InChI=1S/C18H20N6/c1-19-17-18-22-10-16(24(18)7-6-20-17)12-4-5-15-14(8-12)13(9-21-15)11-23(2)3/h4-10,21H,11H2,1-3H3,(H,19,20). The lowest BCUT2D eigenvalue weighted by atomic mass is 10.1. The second kappa shape index (κ2) is 5.65. The van der Waals surface area contributed by atoms with Crippen molar-refractivity contribution < 1.29 is 0 Å². The summed E-state index contributed by atoms with van der Waals surface area (Å²) in [4.78, 5) is 14.4. The first-order chi connectivity index (χ1) is 11.7. The molecule has 0 aliphatic heterocycles. The van der Waals surface area contributed by atoms with Gasteiger partial charge in [0.25, 0.3) is 0 Å². The number of nitrogens with zero attached hydrogens (tertiary/aromatic N) is 4. The predicted molar refractivity (Wildman–Crippen MR) is 97.2 cm³/mol. The number of hydrogen-bond acceptors (Lipinski definition) is 4. The van der Waals surface area contributed by atoms with E-state index in [0.29, 0.717) is 0 Å². The van der Waals surface area contributed by atoms with Crippen molar-refractivity contribution in [2.75, 3.05) is 26.5 Å². The van der Waals surface area contributed by atoms with Crippen molar-refractivity contribution >= 4 is 22.4 Å². The van der Waals surface area contributed by atoms with E-state index in [1.807, 2.05) is 19.4 Å². The molecule has 0 saturated carbocycles. The zero-order valence-corrected chi connectivity index (χ0v) is 14.0. The maximum absolute atomic E-state index is 4.53. The van der Waals surface area contributed by atoms with Crippen molar-refractivity contribution in [1.29, 1.82) is 0 Å². The third-order valence-corrected chi connectivity index (χ3v) is 4.21. The van der Waals surface area contributed by atoms with Crippen molar-refractivity contribution in [3.05, 3.63) is 48.5 Å². The predicted octanol–water partition coefficient (Wildman–Crippen LogP) is 2.98. The smallest absolute Gasteiger partial charge is 0.180 e. The van der Waals surface area contributed by atoms with Gasteiger partial charge in [-0.25, -0.2) is 9.97 Å². The van der Waals surface area contributed by atoms with Crippen LogP contribution in [0.5, 0.6) is 0 Å². The quantitative estimate of drug-likeness (QED) is 0.607. The van der Waals surface area contributed by atoms with Crippen LogP contribution in [0.4, 0.5) is 5.82 Å². The summed E-state index contributed by atoms with van der Waals surface area (Å²) in [5, 5.41) is 4.34. The van der Waals surface area contributed by atoms with Gasteiger partial charge < -0.3 is 15.2 Å². The van der Waals surface area contributed by atoms with E-state index in [2.05, 4.69) is 68.1 Å². The van der Waals surface area contributed by atoms with E-state index in [9.17, 15) is 0 Å². The van der Waals surface area contributed by atoms with Crippen LogP contribution in [0.25, 0.3) is 27.8 Å². The second-order valence-electron chi connectivity index (χ2n) is 6.17. The molecular formula is C18H20N6. The maximum Gasteiger partial charge on any atom is 0.180 e. The molecule has 0 aliphatic rings. The largest absolute Gasteiger partial charge is 0.370 e. The lowest BCUT2D eigenvalue weighted by Gasteiger charge is -2.09. The second-order valence-corrected chi connectivity index (χ2v) is 6.17. The number of aromatic nitrogens is 4. The molecule has 0 atom stereocenters. The molecule has 0 bridgehead atoms. The van der Waals surface area contributed by atoms with Crippen molar-refractivity contribution in [1.82, 2.24) is 24.3 Å². The van der Waals surface area contributed by atoms with Gasteiger partial charge in [-0.15, -0.1) is 0 Å². The van der Waals surface area contributed by atoms with Gasteiger partial charge in [-0.05, 0) is 31.8 Å². The Balaban J connectivity index is 1.87. The van der Waals surface area contributed by atoms with E-state index in [-0.39, 0.29) is 0 Å². The minimum absolute atomic E-state index is 0.778. The summed E-state index contributed by atoms with van der Waals surface area (Å²) in [6, 6.07) is 6.48. The maximum atomic E-state index is 4.53. The normalized spacial score (nSPS) is 11.7. The van der Waals surface area contributed by atoms with Gasteiger partial charge in [0.2, 0.25) is 0 Å². The molecule has 3 heterocycles. The fraction of sp³-hybridized carbons (Fsp3) is 0.222. The third-order valence-electron chi connectivity index (χ3n) is 4.21. The Kier molecular flexibility index (Phi) is 3.46. The Labute approximate surface area is 140 Å². The van der Waals surface area contributed by atoms with Crippen LogP contribution in [-0.2, 0) is 6.54 Å². The summed E-state index contributed by atoms with van der Waals surface area (Å²) >= 11 is 0. The first-order valence-electron chi connectivity index (χ1n) is 7.92. The van der Waals surface area contributed by atoms with Crippen LogP contribution >= 0.6 is 0 Å². The summed E-state index contributed by atoms with van der Waals surface area (Å²) in [6.45, 7) is 0.907. The van der Waals surface area contributed by atoms with Crippen LogP contribution in [-0.4, -0.2) is 45.4 Å². The fourth-order valence-corrected chi connectivity index (χ4v) is 3.12. The molecular weight excluding hydrogens is 300 g/mol. The van der Waals surface area contributed by atoms with Gasteiger partial charge in [-0.1, -0.05) is 6.07 Å². The van der Waals surface area contributed by atoms with Crippen LogP contribution in [0.15, 0.2) is 43.0 Å². The molecule has 0 spiro atoms. The third kappa shape index (κ3) is 2.32. The zero-order chi connectivity index (χ0) is 16.7. The van der Waals surface area contributed by atoms with Crippen molar-refractivity contribution in [2.24, 2.45) is 0 Å². The van der Waals surface area contributed by atoms with Gasteiger partial charge in [0, 0.05) is 48.6 Å². The highest BCUT2D eigenvalue weighted by Gasteiger charge is 2.11. The van der Waals surface area contributed by atoms with Gasteiger partial charge in [-0.3, -0.25) is 4.40 Å². The molecule has 122 valence electrons. The minimum atomic E-state index is 0.778. The Bertz CT molecular complexity index is 1010. The molecule has 4 aromatic rings. The lowest BCUT2D eigenvalue weighted by molar-refractivity contribution is 0.404. The Morgan fingerprint density at radius 3 is 2.92 bits per heavy atom. The number of imidazole rings is 1. The van der Waals surface area contributed by atoms with E-state index in [4.69, 9.17) is 0 Å². The monoisotopic (exact) mass is 320 g/mol. The van der Waals surface area contributed by atoms with E-state index < -0.39 is 0 Å². The molecule has 0 amide bonds. The van der Waals surface area contributed by atoms with Crippen molar-refractivity contribution in [3.63, 3.8) is 0 Å². The molecule has 2 N–H and O–H groups in total. The molecule has 3 aromatic heterocycles. The molecule has 1 aromatic carbocycles. The first-order valence-corrected chi connectivity index (χ1v) is 7.92. The molecule has 0 aliphatic carbocycles. The highest BCUT2D eigenvalue weighted by atomic mass is 15.1. The van der Waals surface area contributed by atoms with E-state index >= 15 is 0 Å². The highest BCUT2D eigenvalue weighted by Crippen LogP contribution is 2.28. The number of aromatic amines is 1. The number of hydrogen-bond donors (Lipinski definition) is 2. The molecule has 6 nitrogen and oxygen atoms in total. The van der Waals surface area contributed by atoms with Crippen molar-refractivity contribution in [3.8, 4) is 11.3 Å². The number of benzene rings is 1. The molecule has 0 radical (unpaired) electrons. The van der Waals surface area contributed by atoms with Crippen LogP contribution in [0.1, 0.15) is 5.56 Å². The van der Waals surface area contributed by atoms with Crippen LogP contribution in [0.3, 0.4) is 0 Å². The summed E-state index contributed by atoms with van der Waals surface area (Å²) in [5.41, 5.74) is 5.48. The van der Waals surface area contributed by atoms with Gasteiger partial charge in [0.05, 0.1) is 11.9 Å². The Hall–Kier alpha value is -2.86. The van der Waals surface area contributed by atoms with Gasteiger partial charge in [0.15, 0.2) is 11.5 Å². The van der Waals surface area contributed by atoms with Crippen molar-refractivity contribution in [2.45, 2.75) is 6.54 Å². The zero-order valence-electron chi connectivity index (χ0n) is 14.0. The number of rotatable bonds is 4. The fourth-order valence-electron chi connectivity index (χ4n) is 3.12. The summed E-state index contributed by atoms with van der Waals surface area (Å²) in [5.74, 6) is 0.778. The summed E-state index contributed by atoms with van der Waals surface area (Å²) < 4.78 is 2.07. The first kappa shape index (κ1) is 14.7. The summed E-state index contributed by atoms with van der Waals surface area (Å²) in [7, 11) is 6.02. The van der Waals surface area contributed by atoms with E-state index in [1.165, 1.54) is 10.9 Å². The van der Waals surface area contributed by atoms with Crippen LogP contribution in [0, 0.1) is 0 Å². The number of fused-ring (bicyclic) bond motifs is 2. The van der Waals surface area contributed by atoms with E-state index in [0.717, 1.165) is 34.8 Å². The molecule has 0 saturated heterocycles. The number of H-pyrrole nitrogens is 1. The highest BCUT2D eigenvalue weighted by molar-refractivity contribution is 5.88. The van der Waals surface area contributed by atoms with Gasteiger partial charge in [-0.2, -0.15) is 0 Å². The SMILES string of the molecule is CNc1nccn2c(-c3ccc4[nH]cc(CN(C)C)c4c3)cnc12. The number of anilines is 1. The Morgan fingerprint density at radius 1 is 1.25 bits per heavy atom. The Morgan fingerprint density at radius 2 is 2.12 bits per heavy atom. The number of nitrogens with one attached hydrogen (secondary N) is 2. The average Bonchev–Trinajstić information content (AvgIpc) is 3.18. The molecule has 0 unspecified atom stereocenters. The topological polar surface area (TPSA) is 61.3 Å². The average molecular weight is 320 g/mol. The molecule has 6 heteroatoms. The molecule has 24 heavy (non-hydrogen) atoms. The van der Waals surface area contributed by atoms with Crippen LogP contribution < -0.4 is 5.32 Å². The lowest BCUT2D eigenvalue weighted by Crippen LogP contribution is -2.10. The summed E-state index contributed by atoms with van der Waals surface area (Å²) in [6.07, 6.45) is 7.72. The molecule has 4 rings (SSSR count). The van der Waals surface area contributed by atoms with E-state index in [1.54, 1.807) is 6.20 Å².